The zero-order valence-electron chi connectivity index (χ0n) is 14.0. The number of carbonyl (C=O) groups is 1. The number of methoxy groups -OCH3 is 1. The van der Waals surface area contributed by atoms with Gasteiger partial charge in [0.15, 0.2) is 5.82 Å². The Morgan fingerprint density at radius 2 is 2.04 bits per heavy atom. The number of aromatic nitrogens is 3. The number of hydrogen-bond donors (Lipinski definition) is 2. The van der Waals surface area contributed by atoms with Gasteiger partial charge in [-0.15, -0.1) is 5.10 Å². The van der Waals surface area contributed by atoms with Gasteiger partial charge in [0.1, 0.15) is 10.7 Å². The summed E-state index contributed by atoms with van der Waals surface area (Å²) in [6, 6.07) is 11.6. The normalized spacial score (nSPS) is 11.4. The van der Waals surface area contributed by atoms with Crippen LogP contribution in [0.25, 0.3) is 17.5 Å². The first kappa shape index (κ1) is 18.8. The Kier molecular flexibility index (Phi) is 5.68. The van der Waals surface area contributed by atoms with Gasteiger partial charge in [0.25, 0.3) is 0 Å². The van der Waals surface area contributed by atoms with E-state index >= 15 is 0 Å². The number of nitrogens with zero attached hydrogens (tertiary/aromatic N) is 2. The SMILES string of the molecule is COc1cccc(/C=C(\Sc2n[nH]c(-c3ccc(Cl)cc3)n2)C(=O)O)c1[O-]. The van der Waals surface area contributed by atoms with Gasteiger partial charge in [0.2, 0.25) is 5.16 Å². The van der Waals surface area contributed by atoms with Crippen LogP contribution in [-0.4, -0.2) is 33.4 Å². The lowest BCUT2D eigenvalue weighted by Crippen LogP contribution is -2.00. The van der Waals surface area contributed by atoms with E-state index in [0.717, 1.165) is 17.3 Å². The third-order valence-corrected chi connectivity index (χ3v) is 4.64. The van der Waals surface area contributed by atoms with Gasteiger partial charge in [-0.25, -0.2) is 9.78 Å². The molecule has 0 bridgehead atoms. The van der Waals surface area contributed by atoms with Crippen LogP contribution in [0.3, 0.4) is 0 Å². The summed E-state index contributed by atoms with van der Waals surface area (Å²) >= 11 is 6.70. The Hall–Kier alpha value is -2.97. The largest absolute Gasteiger partial charge is 0.870 e. The Bertz CT molecular complexity index is 1000. The summed E-state index contributed by atoms with van der Waals surface area (Å²) in [5.74, 6) is -0.970. The fraction of sp³-hybridized carbons (Fsp3) is 0.0556. The molecule has 0 atom stereocenters. The number of nitrogens with one attached hydrogen (secondary N) is 1. The quantitative estimate of drug-likeness (QED) is 0.480. The third kappa shape index (κ3) is 4.42. The van der Waals surface area contributed by atoms with E-state index in [0.29, 0.717) is 10.8 Å². The van der Waals surface area contributed by atoms with Crippen molar-refractivity contribution in [3.8, 4) is 22.9 Å². The van der Waals surface area contributed by atoms with Crippen molar-refractivity contribution in [3.05, 3.63) is 58.0 Å². The fourth-order valence-corrected chi connectivity index (χ4v) is 3.03. The van der Waals surface area contributed by atoms with Gasteiger partial charge >= 0.3 is 5.97 Å². The van der Waals surface area contributed by atoms with E-state index in [1.807, 2.05) is 0 Å². The van der Waals surface area contributed by atoms with Crippen LogP contribution < -0.4 is 9.84 Å². The summed E-state index contributed by atoms with van der Waals surface area (Å²) < 4.78 is 4.97. The number of ether oxygens (including phenoxy) is 1. The van der Waals surface area contributed by atoms with Crippen LogP contribution >= 0.6 is 23.4 Å². The van der Waals surface area contributed by atoms with Crippen LogP contribution in [0.1, 0.15) is 5.56 Å². The molecule has 27 heavy (non-hydrogen) atoms. The molecule has 3 rings (SSSR count). The summed E-state index contributed by atoms with van der Waals surface area (Å²) in [4.78, 5) is 15.8. The molecule has 138 valence electrons. The van der Waals surface area contributed by atoms with Gasteiger partial charge in [-0.05, 0) is 53.7 Å². The maximum atomic E-state index is 12.2. The highest BCUT2D eigenvalue weighted by Crippen LogP contribution is 2.32. The summed E-state index contributed by atoms with van der Waals surface area (Å²) in [5, 5.41) is 29.3. The average molecular weight is 403 g/mol. The van der Waals surface area contributed by atoms with Gasteiger partial charge in [0.05, 0.1) is 7.11 Å². The van der Waals surface area contributed by atoms with Crippen LogP contribution in [0.5, 0.6) is 11.5 Å². The minimum absolute atomic E-state index is 0.0954. The van der Waals surface area contributed by atoms with E-state index in [2.05, 4.69) is 15.2 Å². The number of rotatable bonds is 6. The van der Waals surface area contributed by atoms with Gasteiger partial charge in [0, 0.05) is 10.6 Å². The molecule has 0 fully saturated rings. The number of halogens is 1. The predicted molar refractivity (Wildman–Crippen MR) is 101 cm³/mol. The second-order valence-corrected chi connectivity index (χ2v) is 6.71. The minimum Gasteiger partial charge on any atom is -0.870 e. The Labute approximate surface area is 163 Å². The molecule has 2 aromatic carbocycles. The lowest BCUT2D eigenvalue weighted by atomic mass is 10.1. The number of thioether (sulfide) groups is 1. The highest BCUT2D eigenvalue weighted by atomic mass is 35.5. The molecule has 1 aromatic heterocycles. The van der Waals surface area contributed by atoms with E-state index < -0.39 is 11.7 Å². The summed E-state index contributed by atoms with van der Waals surface area (Å²) in [7, 11) is 1.38. The van der Waals surface area contributed by atoms with Gasteiger partial charge in [-0.3, -0.25) is 5.10 Å². The van der Waals surface area contributed by atoms with Crippen molar-refractivity contribution in [3.63, 3.8) is 0 Å². The molecule has 0 aliphatic carbocycles. The average Bonchev–Trinajstić information content (AvgIpc) is 3.12. The van der Waals surface area contributed by atoms with Gasteiger partial charge in [-0.2, -0.15) is 0 Å². The number of carboxylic acids is 1. The molecule has 0 spiro atoms. The number of aliphatic carboxylic acids is 1. The molecule has 1 heterocycles. The van der Waals surface area contributed by atoms with Crippen molar-refractivity contribution in [2.24, 2.45) is 0 Å². The number of hydrogen-bond acceptors (Lipinski definition) is 6. The monoisotopic (exact) mass is 402 g/mol. The van der Waals surface area contributed by atoms with Crippen molar-refractivity contribution in [1.29, 1.82) is 0 Å². The van der Waals surface area contributed by atoms with E-state index in [1.54, 1.807) is 30.3 Å². The van der Waals surface area contributed by atoms with Crippen LogP contribution in [0.2, 0.25) is 5.02 Å². The van der Waals surface area contributed by atoms with E-state index in [9.17, 15) is 15.0 Å². The highest BCUT2D eigenvalue weighted by Gasteiger charge is 2.15. The zero-order valence-corrected chi connectivity index (χ0v) is 15.5. The predicted octanol–water partition coefficient (Wildman–Crippen LogP) is 3.43. The Morgan fingerprint density at radius 1 is 1.30 bits per heavy atom. The summed E-state index contributed by atoms with van der Waals surface area (Å²) in [6.07, 6.45) is 1.27. The smallest absolute Gasteiger partial charge is 0.342 e. The Morgan fingerprint density at radius 3 is 2.70 bits per heavy atom. The molecule has 0 aliphatic rings. The molecule has 2 N–H and O–H groups in total. The third-order valence-electron chi connectivity index (χ3n) is 3.51. The molecule has 0 radical (unpaired) electrons. The van der Waals surface area contributed by atoms with E-state index in [1.165, 1.54) is 25.3 Å². The lowest BCUT2D eigenvalue weighted by Gasteiger charge is -2.15. The van der Waals surface area contributed by atoms with Crippen molar-refractivity contribution in [1.82, 2.24) is 15.2 Å². The van der Waals surface area contributed by atoms with Crippen LogP contribution in [-0.2, 0) is 4.79 Å². The van der Waals surface area contributed by atoms with Crippen molar-refractivity contribution >= 4 is 35.4 Å². The van der Waals surface area contributed by atoms with E-state index in [4.69, 9.17) is 16.3 Å². The lowest BCUT2D eigenvalue weighted by molar-refractivity contribution is -0.270. The molecule has 3 aromatic rings. The first-order valence-corrected chi connectivity index (χ1v) is 8.82. The second kappa shape index (κ2) is 8.15. The maximum Gasteiger partial charge on any atom is 0.342 e. The number of benzene rings is 2. The first-order chi connectivity index (χ1) is 13.0. The molecule has 0 aliphatic heterocycles. The van der Waals surface area contributed by atoms with Crippen LogP contribution in [0.15, 0.2) is 52.5 Å². The summed E-state index contributed by atoms with van der Waals surface area (Å²) in [6.45, 7) is 0. The molecule has 7 nitrogen and oxygen atoms in total. The first-order valence-electron chi connectivity index (χ1n) is 7.63. The van der Waals surface area contributed by atoms with Crippen LogP contribution in [0.4, 0.5) is 0 Å². The van der Waals surface area contributed by atoms with Gasteiger partial charge < -0.3 is 14.9 Å². The van der Waals surface area contributed by atoms with Crippen molar-refractivity contribution in [2.45, 2.75) is 5.16 Å². The number of aromatic amines is 1. The van der Waals surface area contributed by atoms with Gasteiger partial charge in [-0.1, -0.05) is 29.5 Å². The topological polar surface area (TPSA) is 111 Å². The highest BCUT2D eigenvalue weighted by molar-refractivity contribution is 8.04. The molecule has 0 saturated heterocycles. The number of H-pyrrole nitrogens is 1. The van der Waals surface area contributed by atoms with Crippen molar-refractivity contribution in [2.75, 3.05) is 7.11 Å². The number of para-hydroxylation sites is 1. The summed E-state index contributed by atoms with van der Waals surface area (Å²) in [5.41, 5.74) is 0.960. The molecule has 0 amide bonds. The second-order valence-electron chi connectivity index (χ2n) is 5.27. The fourth-order valence-electron chi connectivity index (χ4n) is 2.21. The molecule has 0 saturated carbocycles. The minimum atomic E-state index is -1.19. The standard InChI is InChI=1S/C18H14ClN3O4S/c1-26-13-4-2-3-11(15(13)23)9-14(17(24)25)27-18-20-16(21-22-18)10-5-7-12(19)8-6-10/h2-9,23H,1H3,(H,24,25)(H,20,21,22)/p-1/b14-9-. The molecule has 9 heteroatoms. The van der Waals surface area contributed by atoms with E-state index in [-0.39, 0.29) is 21.4 Å². The number of carboxylic acid groups (broad SMARTS) is 1. The molecule has 0 unspecified atom stereocenters. The van der Waals surface area contributed by atoms with Crippen LogP contribution in [0, 0.1) is 0 Å². The van der Waals surface area contributed by atoms with Crippen molar-refractivity contribution < 1.29 is 19.7 Å². The zero-order chi connectivity index (χ0) is 19.4. The molecular weight excluding hydrogens is 390 g/mol. The Balaban J connectivity index is 1.88. The maximum absolute atomic E-state index is 12.2. The molecular formula is C18H13ClN3O4S-.